The Morgan fingerprint density at radius 3 is 2.70 bits per heavy atom. The maximum Gasteiger partial charge on any atom is 0.302 e. The summed E-state index contributed by atoms with van der Waals surface area (Å²) in [4.78, 5) is 24.3. The Hall–Kier alpha value is -1.62. The molecule has 5 nitrogen and oxygen atoms in total. The number of carbonyl (C=O) groups is 2. The topological polar surface area (TPSA) is 76.7 Å². The second kappa shape index (κ2) is 5.94. The molecule has 3 aliphatic carbocycles. The number of hydrogen-bond donors (Lipinski definition) is 1. The lowest BCUT2D eigenvalue weighted by molar-refractivity contribution is -0.192. The van der Waals surface area contributed by atoms with E-state index in [0.29, 0.717) is 12.3 Å². The lowest BCUT2D eigenvalue weighted by Crippen LogP contribution is -2.65. The van der Waals surface area contributed by atoms with Crippen molar-refractivity contribution >= 4 is 11.8 Å². The van der Waals surface area contributed by atoms with Gasteiger partial charge in [-0.25, -0.2) is 0 Å². The summed E-state index contributed by atoms with van der Waals surface area (Å²) in [6.45, 7) is 7.93. The number of aliphatic hydroxyl groups excluding tert-OH is 1. The van der Waals surface area contributed by atoms with Gasteiger partial charge < -0.3 is 14.3 Å². The molecule has 1 heterocycles. The second-order valence-electron chi connectivity index (χ2n) is 9.75. The van der Waals surface area contributed by atoms with Gasteiger partial charge in [-0.2, -0.15) is 0 Å². The van der Waals surface area contributed by atoms with Crippen LogP contribution in [0, 0.1) is 22.7 Å². The smallest absolute Gasteiger partial charge is 0.302 e. The van der Waals surface area contributed by atoms with Gasteiger partial charge in [0.2, 0.25) is 0 Å². The molecule has 0 saturated heterocycles. The van der Waals surface area contributed by atoms with Crippen molar-refractivity contribution in [2.24, 2.45) is 22.7 Å². The predicted octanol–water partition coefficient (Wildman–Crippen LogP) is 3.42. The van der Waals surface area contributed by atoms with E-state index >= 15 is 0 Å². The molecule has 0 spiro atoms. The number of ether oxygens (including phenoxy) is 1. The van der Waals surface area contributed by atoms with E-state index < -0.39 is 11.5 Å². The van der Waals surface area contributed by atoms with E-state index in [0.717, 1.165) is 25.7 Å². The number of hydrogen-bond acceptors (Lipinski definition) is 5. The van der Waals surface area contributed by atoms with E-state index in [4.69, 9.17) is 9.15 Å². The van der Waals surface area contributed by atoms with Gasteiger partial charge in [0.1, 0.15) is 6.10 Å². The Bertz CT molecular complexity index is 781. The van der Waals surface area contributed by atoms with Crippen molar-refractivity contribution in [1.29, 1.82) is 0 Å². The predicted molar refractivity (Wildman–Crippen MR) is 99.1 cm³/mol. The van der Waals surface area contributed by atoms with Crippen molar-refractivity contribution in [2.75, 3.05) is 6.61 Å². The van der Waals surface area contributed by atoms with Crippen LogP contribution in [0.15, 0.2) is 16.9 Å². The maximum atomic E-state index is 12.9. The SMILES string of the molecule is CC(=O)OCC1(C)C(O)C(=O)CC2(C)C3CCc4cocc4C3(C)CCC12. The van der Waals surface area contributed by atoms with Crippen molar-refractivity contribution in [3.63, 3.8) is 0 Å². The highest BCUT2D eigenvalue weighted by atomic mass is 16.5. The van der Waals surface area contributed by atoms with Crippen LogP contribution >= 0.6 is 0 Å². The quantitative estimate of drug-likeness (QED) is 0.803. The molecule has 0 bridgehead atoms. The molecular formula is C22H30O5. The number of ketones is 1. The van der Waals surface area contributed by atoms with Crippen molar-refractivity contribution in [3.05, 3.63) is 23.7 Å². The van der Waals surface area contributed by atoms with Gasteiger partial charge in [0.25, 0.3) is 0 Å². The molecule has 3 aliphatic rings. The Balaban J connectivity index is 1.76. The summed E-state index contributed by atoms with van der Waals surface area (Å²) in [6.07, 6.45) is 6.94. The molecule has 4 rings (SSSR count). The number of carbonyl (C=O) groups excluding carboxylic acids is 2. The Labute approximate surface area is 160 Å². The van der Waals surface area contributed by atoms with Crippen LogP contribution < -0.4 is 0 Å². The average molecular weight is 374 g/mol. The monoisotopic (exact) mass is 374 g/mol. The minimum atomic E-state index is -1.08. The van der Waals surface area contributed by atoms with Gasteiger partial charge in [0.05, 0.1) is 19.1 Å². The van der Waals surface area contributed by atoms with E-state index in [1.807, 2.05) is 19.5 Å². The summed E-state index contributed by atoms with van der Waals surface area (Å²) in [7, 11) is 0. The zero-order valence-electron chi connectivity index (χ0n) is 16.7. The molecule has 0 aliphatic heterocycles. The summed E-state index contributed by atoms with van der Waals surface area (Å²) < 4.78 is 10.9. The lowest BCUT2D eigenvalue weighted by Gasteiger charge is -2.64. The zero-order chi connectivity index (χ0) is 19.6. The van der Waals surface area contributed by atoms with Crippen LogP contribution in [-0.4, -0.2) is 29.6 Å². The molecular weight excluding hydrogens is 344 g/mol. The summed E-state index contributed by atoms with van der Waals surface area (Å²) >= 11 is 0. The van der Waals surface area contributed by atoms with Crippen molar-refractivity contribution < 1.29 is 23.8 Å². The van der Waals surface area contributed by atoms with Crippen molar-refractivity contribution in [3.8, 4) is 0 Å². The second-order valence-corrected chi connectivity index (χ2v) is 9.75. The summed E-state index contributed by atoms with van der Waals surface area (Å²) in [5.41, 5.74) is 1.59. The van der Waals surface area contributed by atoms with E-state index in [9.17, 15) is 14.7 Å². The fourth-order valence-corrected chi connectivity index (χ4v) is 7.00. The first-order valence-electron chi connectivity index (χ1n) is 10.0. The molecule has 2 fully saturated rings. The molecule has 5 heteroatoms. The first-order valence-corrected chi connectivity index (χ1v) is 10.0. The number of furan rings is 1. The van der Waals surface area contributed by atoms with Crippen LogP contribution in [0.3, 0.4) is 0 Å². The molecule has 0 radical (unpaired) electrons. The minimum Gasteiger partial charge on any atom is -0.472 e. The third-order valence-electron chi connectivity index (χ3n) is 8.24. The number of aliphatic hydroxyl groups is 1. The molecule has 148 valence electrons. The lowest BCUT2D eigenvalue weighted by atomic mass is 9.40. The largest absolute Gasteiger partial charge is 0.472 e. The van der Waals surface area contributed by atoms with E-state index in [-0.39, 0.29) is 35.1 Å². The van der Waals surface area contributed by atoms with Gasteiger partial charge in [0, 0.05) is 18.8 Å². The standard InChI is InChI=1S/C22H30O5/c1-13(23)27-12-22(4)18-7-8-20(2)15-11-26-10-14(15)5-6-17(20)21(18,3)9-16(24)19(22)25/h10-11,17-19,25H,5-9,12H2,1-4H3. The van der Waals surface area contributed by atoms with Crippen LogP contribution in [0.5, 0.6) is 0 Å². The number of Topliss-reactive ketones (excluding diaryl/α,β-unsaturated/α-hetero) is 1. The number of fused-ring (bicyclic) bond motifs is 5. The van der Waals surface area contributed by atoms with E-state index in [1.54, 1.807) is 0 Å². The van der Waals surface area contributed by atoms with Gasteiger partial charge in [-0.05, 0) is 59.5 Å². The van der Waals surface area contributed by atoms with Crippen LogP contribution in [0.4, 0.5) is 0 Å². The summed E-state index contributed by atoms with van der Waals surface area (Å²) in [5.74, 6) is -0.0272. The maximum absolute atomic E-state index is 12.9. The molecule has 1 aromatic heterocycles. The Kier molecular flexibility index (Phi) is 4.12. The molecule has 0 amide bonds. The zero-order valence-corrected chi connectivity index (χ0v) is 16.7. The molecule has 1 aromatic rings. The number of esters is 1. The molecule has 2 saturated carbocycles. The van der Waals surface area contributed by atoms with Crippen molar-refractivity contribution in [1.82, 2.24) is 0 Å². The minimum absolute atomic E-state index is 0.0171. The molecule has 0 aromatic carbocycles. The highest BCUT2D eigenvalue weighted by Crippen LogP contribution is 2.66. The van der Waals surface area contributed by atoms with Crippen LogP contribution in [0.1, 0.15) is 64.5 Å². The van der Waals surface area contributed by atoms with Gasteiger partial charge in [0.15, 0.2) is 5.78 Å². The molecule has 6 atom stereocenters. The third kappa shape index (κ3) is 2.47. The highest BCUT2D eigenvalue weighted by molar-refractivity contribution is 5.85. The highest BCUT2D eigenvalue weighted by Gasteiger charge is 2.65. The summed E-state index contributed by atoms with van der Waals surface area (Å²) in [6, 6.07) is 0. The van der Waals surface area contributed by atoms with Gasteiger partial charge in [-0.1, -0.05) is 20.8 Å². The fourth-order valence-electron chi connectivity index (χ4n) is 7.00. The Morgan fingerprint density at radius 2 is 2.00 bits per heavy atom. The molecule has 1 N–H and O–H groups in total. The molecule has 6 unspecified atom stereocenters. The van der Waals surface area contributed by atoms with E-state index in [2.05, 4.69) is 13.8 Å². The fraction of sp³-hybridized carbons (Fsp3) is 0.727. The van der Waals surface area contributed by atoms with Crippen LogP contribution in [0.25, 0.3) is 0 Å². The van der Waals surface area contributed by atoms with Crippen LogP contribution in [-0.2, 0) is 26.2 Å². The van der Waals surface area contributed by atoms with Gasteiger partial charge in [-0.3, -0.25) is 9.59 Å². The summed E-state index contributed by atoms with van der Waals surface area (Å²) in [5, 5.41) is 10.8. The first-order chi connectivity index (χ1) is 12.6. The van der Waals surface area contributed by atoms with E-state index in [1.165, 1.54) is 18.1 Å². The van der Waals surface area contributed by atoms with Gasteiger partial charge in [-0.15, -0.1) is 0 Å². The number of rotatable bonds is 2. The van der Waals surface area contributed by atoms with Gasteiger partial charge >= 0.3 is 5.97 Å². The first kappa shape index (κ1) is 18.7. The normalized spacial score (nSPS) is 43.4. The number of aryl methyl sites for hydroxylation is 1. The Morgan fingerprint density at radius 1 is 1.26 bits per heavy atom. The van der Waals surface area contributed by atoms with Crippen LogP contribution in [0.2, 0.25) is 0 Å². The third-order valence-corrected chi connectivity index (χ3v) is 8.24. The molecule has 27 heavy (non-hydrogen) atoms. The average Bonchev–Trinajstić information content (AvgIpc) is 3.08. The van der Waals surface area contributed by atoms with Crippen molar-refractivity contribution in [2.45, 2.75) is 71.3 Å².